The van der Waals surface area contributed by atoms with E-state index in [2.05, 4.69) is 24.5 Å². The molecule has 2 rings (SSSR count). The van der Waals surface area contributed by atoms with Gasteiger partial charge in [0.2, 0.25) is 0 Å². The number of methoxy groups -OCH3 is 1. The number of carboxylic acid groups (broad SMARTS) is 1. The van der Waals surface area contributed by atoms with Crippen LogP contribution in [0.5, 0.6) is 0 Å². The quantitative estimate of drug-likeness (QED) is 0.344. The van der Waals surface area contributed by atoms with Crippen LogP contribution in [0.1, 0.15) is 79.1 Å². The highest BCUT2D eigenvalue weighted by molar-refractivity contribution is 5.87. The molecule has 6 heteroatoms. The number of carbonyl (C=O) groups excluding carboxylic acids is 2. The molecule has 2 saturated carbocycles. The van der Waals surface area contributed by atoms with Crippen LogP contribution in [0.2, 0.25) is 0 Å². The van der Waals surface area contributed by atoms with Crippen LogP contribution >= 0.6 is 0 Å². The van der Waals surface area contributed by atoms with E-state index in [1.807, 2.05) is 13.8 Å². The van der Waals surface area contributed by atoms with Crippen molar-refractivity contribution in [1.82, 2.24) is 0 Å². The molecule has 2 fully saturated rings. The SMILES string of the molecule is C=C(C(=O)O)C(C1CCCC1)C1CCCC1.C=C(C)C(=O)OC.C=C(C)C(=O)OCC(C)C. The zero-order valence-corrected chi connectivity index (χ0v) is 21.3. The largest absolute Gasteiger partial charge is 0.478 e. The Morgan fingerprint density at radius 3 is 1.48 bits per heavy atom. The van der Waals surface area contributed by atoms with Crippen molar-refractivity contribution in [2.45, 2.75) is 79.1 Å². The molecule has 2 aliphatic carbocycles. The van der Waals surface area contributed by atoms with Crippen LogP contribution in [0, 0.1) is 23.7 Å². The van der Waals surface area contributed by atoms with Crippen molar-refractivity contribution in [3.05, 3.63) is 36.5 Å². The molecular weight excluding hydrogens is 420 g/mol. The molecule has 0 radical (unpaired) electrons. The fourth-order valence-corrected chi connectivity index (χ4v) is 4.27. The first-order chi connectivity index (χ1) is 15.4. The molecule has 0 aromatic carbocycles. The van der Waals surface area contributed by atoms with E-state index >= 15 is 0 Å². The van der Waals surface area contributed by atoms with Crippen LogP contribution in [-0.2, 0) is 23.9 Å². The molecule has 188 valence electrons. The van der Waals surface area contributed by atoms with E-state index in [0.29, 0.717) is 41.1 Å². The molecule has 0 bridgehead atoms. The Kier molecular flexibility index (Phi) is 15.1. The van der Waals surface area contributed by atoms with Gasteiger partial charge in [-0.25, -0.2) is 14.4 Å². The van der Waals surface area contributed by atoms with E-state index in [0.717, 1.165) is 0 Å². The van der Waals surface area contributed by atoms with Crippen molar-refractivity contribution < 1.29 is 29.0 Å². The molecule has 2 aliphatic rings. The Bertz CT molecular complexity index is 663. The van der Waals surface area contributed by atoms with Gasteiger partial charge in [0.25, 0.3) is 0 Å². The summed E-state index contributed by atoms with van der Waals surface area (Å²) in [5, 5.41) is 9.17. The zero-order valence-electron chi connectivity index (χ0n) is 21.3. The zero-order chi connectivity index (χ0) is 25.6. The van der Waals surface area contributed by atoms with Crippen molar-refractivity contribution in [2.75, 3.05) is 13.7 Å². The maximum Gasteiger partial charge on any atom is 0.333 e. The first kappa shape index (κ1) is 30.6. The van der Waals surface area contributed by atoms with E-state index in [1.165, 1.54) is 58.5 Å². The maximum absolute atomic E-state index is 11.2. The van der Waals surface area contributed by atoms with E-state index in [4.69, 9.17) is 4.74 Å². The minimum Gasteiger partial charge on any atom is -0.478 e. The Morgan fingerprint density at radius 2 is 1.24 bits per heavy atom. The molecule has 0 heterocycles. The number of rotatable bonds is 8. The van der Waals surface area contributed by atoms with E-state index in [-0.39, 0.29) is 17.9 Å². The molecule has 33 heavy (non-hydrogen) atoms. The molecule has 0 amide bonds. The van der Waals surface area contributed by atoms with Crippen LogP contribution in [0.25, 0.3) is 0 Å². The number of hydrogen-bond donors (Lipinski definition) is 1. The van der Waals surface area contributed by atoms with Gasteiger partial charge in [-0.1, -0.05) is 59.3 Å². The van der Waals surface area contributed by atoms with E-state index in [9.17, 15) is 19.5 Å². The summed E-state index contributed by atoms with van der Waals surface area (Å²) in [6, 6.07) is 0. The highest BCUT2D eigenvalue weighted by atomic mass is 16.5. The lowest BCUT2D eigenvalue weighted by Crippen LogP contribution is -2.25. The average Bonchev–Trinajstić information content (AvgIpc) is 3.47. The van der Waals surface area contributed by atoms with Crippen molar-refractivity contribution in [3.8, 4) is 0 Å². The van der Waals surface area contributed by atoms with Gasteiger partial charge in [0.05, 0.1) is 13.7 Å². The molecule has 0 aromatic heterocycles. The molecule has 0 spiro atoms. The van der Waals surface area contributed by atoms with Gasteiger partial charge in [-0.2, -0.15) is 0 Å². The number of carbonyl (C=O) groups is 3. The summed E-state index contributed by atoms with van der Waals surface area (Å²) in [7, 11) is 1.33. The standard InChI is InChI=1S/C14H22O2.C8H14O2.C5H8O2/c1-10(14(15)16)13(11-6-2-3-7-11)12-8-4-5-9-12;1-6(2)5-10-8(9)7(3)4;1-4(2)5(6)7-3/h11-13H,1-9H2,(H,15,16);6H,3,5H2,1-2,4H3;1H2,2-3H3. The van der Waals surface area contributed by atoms with Gasteiger partial charge in [-0.05, 0) is 63.2 Å². The summed E-state index contributed by atoms with van der Waals surface area (Å²) in [4.78, 5) is 32.1. The smallest absolute Gasteiger partial charge is 0.333 e. The van der Waals surface area contributed by atoms with Gasteiger partial charge in [0.1, 0.15) is 0 Å². The van der Waals surface area contributed by atoms with Crippen molar-refractivity contribution in [3.63, 3.8) is 0 Å². The van der Waals surface area contributed by atoms with Gasteiger partial charge in [0.15, 0.2) is 0 Å². The van der Waals surface area contributed by atoms with Gasteiger partial charge in [-0.15, -0.1) is 0 Å². The second-order valence-electron chi connectivity index (χ2n) is 9.49. The van der Waals surface area contributed by atoms with Crippen LogP contribution in [-0.4, -0.2) is 36.7 Å². The minimum absolute atomic E-state index is 0.266. The first-order valence-corrected chi connectivity index (χ1v) is 11.9. The normalized spacial score (nSPS) is 15.7. The third-order valence-corrected chi connectivity index (χ3v) is 5.92. The lowest BCUT2D eigenvalue weighted by molar-refractivity contribution is -0.140. The highest BCUT2D eigenvalue weighted by Crippen LogP contribution is 2.44. The Morgan fingerprint density at radius 1 is 0.848 bits per heavy atom. The lowest BCUT2D eigenvalue weighted by atomic mass is 9.75. The molecule has 0 saturated heterocycles. The van der Waals surface area contributed by atoms with Crippen LogP contribution in [0.3, 0.4) is 0 Å². The van der Waals surface area contributed by atoms with E-state index in [1.54, 1.807) is 13.8 Å². The molecule has 1 N–H and O–H groups in total. The molecule has 0 atom stereocenters. The second-order valence-corrected chi connectivity index (χ2v) is 9.49. The molecular formula is C27H44O6. The van der Waals surface area contributed by atoms with Crippen molar-refractivity contribution in [1.29, 1.82) is 0 Å². The third kappa shape index (κ3) is 12.4. The maximum atomic E-state index is 11.2. The topological polar surface area (TPSA) is 89.9 Å². The summed E-state index contributed by atoms with van der Waals surface area (Å²) in [6.07, 6.45) is 9.98. The number of ether oxygens (including phenoxy) is 2. The van der Waals surface area contributed by atoms with Crippen LogP contribution in [0.4, 0.5) is 0 Å². The Balaban J connectivity index is 0.000000519. The third-order valence-electron chi connectivity index (χ3n) is 5.92. The number of esters is 2. The Labute approximate surface area is 200 Å². The van der Waals surface area contributed by atoms with Crippen molar-refractivity contribution in [2.24, 2.45) is 23.7 Å². The van der Waals surface area contributed by atoms with Crippen molar-refractivity contribution >= 4 is 17.9 Å². The molecule has 0 aromatic rings. The fraction of sp³-hybridized carbons (Fsp3) is 0.667. The highest BCUT2D eigenvalue weighted by Gasteiger charge is 2.36. The Hall–Kier alpha value is -2.37. The minimum atomic E-state index is -0.774. The van der Waals surface area contributed by atoms with Crippen LogP contribution < -0.4 is 0 Å². The van der Waals surface area contributed by atoms with Gasteiger partial charge < -0.3 is 14.6 Å². The predicted octanol–water partition coefficient (Wildman–Crippen LogP) is 6.12. The average molecular weight is 465 g/mol. The monoisotopic (exact) mass is 464 g/mol. The molecule has 0 unspecified atom stereocenters. The summed E-state index contributed by atoms with van der Waals surface area (Å²) in [6.45, 7) is 18.4. The summed E-state index contributed by atoms with van der Waals surface area (Å²) < 4.78 is 9.10. The number of carboxylic acids is 1. The van der Waals surface area contributed by atoms with E-state index < -0.39 is 5.97 Å². The number of hydrogen-bond acceptors (Lipinski definition) is 5. The van der Waals surface area contributed by atoms with Gasteiger partial charge in [0, 0.05) is 16.7 Å². The first-order valence-electron chi connectivity index (χ1n) is 11.9. The predicted molar refractivity (Wildman–Crippen MR) is 132 cm³/mol. The lowest BCUT2D eigenvalue weighted by Gasteiger charge is -2.29. The molecule has 0 aliphatic heterocycles. The summed E-state index contributed by atoms with van der Waals surface area (Å²) in [5.41, 5.74) is 1.38. The second kappa shape index (κ2) is 16.3. The fourth-order valence-electron chi connectivity index (χ4n) is 4.27. The summed E-state index contributed by atoms with van der Waals surface area (Å²) >= 11 is 0. The van der Waals surface area contributed by atoms with Crippen LogP contribution in [0.15, 0.2) is 36.5 Å². The van der Waals surface area contributed by atoms with Gasteiger partial charge >= 0.3 is 17.9 Å². The molecule has 6 nitrogen and oxygen atoms in total. The van der Waals surface area contributed by atoms with Gasteiger partial charge in [-0.3, -0.25) is 0 Å². The number of aliphatic carboxylic acids is 1. The summed E-state index contributed by atoms with van der Waals surface area (Å²) in [5.74, 6) is 0.446.